The van der Waals surface area contributed by atoms with Gasteiger partial charge in [-0.05, 0) is 51.1 Å². The molecule has 2 aliphatic heterocycles. The van der Waals surface area contributed by atoms with Gasteiger partial charge in [-0.25, -0.2) is 0 Å². The van der Waals surface area contributed by atoms with E-state index in [1.165, 1.54) is 58.2 Å². The normalized spacial score (nSPS) is 32.8. The van der Waals surface area contributed by atoms with E-state index in [4.69, 9.17) is 4.74 Å². The van der Waals surface area contributed by atoms with E-state index in [9.17, 15) is 0 Å². The number of rotatable bonds is 7. The fraction of sp³-hybridized carbons (Fsp3) is 1.00. The molecule has 112 valence electrons. The molecule has 2 aliphatic rings. The van der Waals surface area contributed by atoms with Gasteiger partial charge in [0.1, 0.15) is 0 Å². The highest BCUT2D eigenvalue weighted by molar-refractivity contribution is 4.80. The van der Waals surface area contributed by atoms with Gasteiger partial charge in [-0.3, -0.25) is 0 Å². The van der Waals surface area contributed by atoms with Crippen LogP contribution in [0.5, 0.6) is 0 Å². The van der Waals surface area contributed by atoms with E-state index in [1.807, 2.05) is 0 Å². The lowest BCUT2D eigenvalue weighted by Crippen LogP contribution is -2.40. The van der Waals surface area contributed by atoms with Crippen LogP contribution in [0.2, 0.25) is 0 Å². The van der Waals surface area contributed by atoms with Gasteiger partial charge in [0.25, 0.3) is 0 Å². The van der Waals surface area contributed by atoms with Gasteiger partial charge < -0.3 is 15.0 Å². The van der Waals surface area contributed by atoms with Crippen molar-refractivity contribution in [1.29, 1.82) is 0 Å². The molecule has 0 spiro atoms. The third-order valence-corrected chi connectivity index (χ3v) is 4.64. The van der Waals surface area contributed by atoms with Crippen molar-refractivity contribution in [3.8, 4) is 0 Å². The summed E-state index contributed by atoms with van der Waals surface area (Å²) in [6.45, 7) is 10.5. The standard InChI is InChI=1S/C16H32N2O/c1-3-9-17-11-15-7-8-16(19-15)13-18-10-5-6-14(4-2)12-18/h14-17H,3-13H2,1-2H3. The van der Waals surface area contributed by atoms with Gasteiger partial charge >= 0.3 is 0 Å². The van der Waals surface area contributed by atoms with E-state index >= 15 is 0 Å². The maximum Gasteiger partial charge on any atom is 0.0707 e. The average molecular weight is 268 g/mol. The molecule has 0 aromatic carbocycles. The van der Waals surface area contributed by atoms with Gasteiger partial charge in [0.15, 0.2) is 0 Å². The lowest BCUT2D eigenvalue weighted by atomic mass is 9.95. The van der Waals surface area contributed by atoms with Crippen LogP contribution in [0.4, 0.5) is 0 Å². The number of piperidine rings is 1. The number of nitrogens with zero attached hydrogens (tertiary/aromatic N) is 1. The molecule has 0 bridgehead atoms. The van der Waals surface area contributed by atoms with E-state index in [1.54, 1.807) is 0 Å². The van der Waals surface area contributed by atoms with Gasteiger partial charge in [0, 0.05) is 19.6 Å². The fourth-order valence-electron chi connectivity index (χ4n) is 3.44. The monoisotopic (exact) mass is 268 g/mol. The summed E-state index contributed by atoms with van der Waals surface area (Å²) in [5, 5.41) is 3.48. The summed E-state index contributed by atoms with van der Waals surface area (Å²) < 4.78 is 6.18. The summed E-state index contributed by atoms with van der Waals surface area (Å²) >= 11 is 0. The van der Waals surface area contributed by atoms with Crippen LogP contribution < -0.4 is 5.32 Å². The van der Waals surface area contributed by atoms with E-state index in [0.717, 1.165) is 19.0 Å². The Morgan fingerprint density at radius 1 is 1.16 bits per heavy atom. The zero-order valence-corrected chi connectivity index (χ0v) is 12.9. The van der Waals surface area contributed by atoms with Gasteiger partial charge in [-0.1, -0.05) is 20.3 Å². The minimum absolute atomic E-state index is 0.461. The molecule has 3 unspecified atom stereocenters. The van der Waals surface area contributed by atoms with E-state index < -0.39 is 0 Å². The average Bonchev–Trinajstić information content (AvgIpc) is 2.87. The van der Waals surface area contributed by atoms with E-state index in [2.05, 4.69) is 24.1 Å². The van der Waals surface area contributed by atoms with Crippen molar-refractivity contribution in [3.05, 3.63) is 0 Å². The quantitative estimate of drug-likeness (QED) is 0.718. The van der Waals surface area contributed by atoms with Crippen LogP contribution in [0.3, 0.4) is 0 Å². The Kier molecular flexibility index (Phi) is 6.62. The highest BCUT2D eigenvalue weighted by atomic mass is 16.5. The van der Waals surface area contributed by atoms with Crippen molar-refractivity contribution in [3.63, 3.8) is 0 Å². The number of ether oxygens (including phenoxy) is 1. The first kappa shape index (κ1) is 15.3. The highest BCUT2D eigenvalue weighted by Gasteiger charge is 2.28. The van der Waals surface area contributed by atoms with Crippen LogP contribution in [0, 0.1) is 5.92 Å². The SMILES string of the molecule is CCCNCC1CCC(CN2CCCC(CC)C2)O1. The summed E-state index contributed by atoms with van der Waals surface area (Å²) in [5.41, 5.74) is 0. The second kappa shape index (κ2) is 8.23. The van der Waals surface area contributed by atoms with Crippen molar-refractivity contribution in [2.75, 3.05) is 32.7 Å². The molecule has 2 saturated heterocycles. The number of nitrogens with one attached hydrogen (secondary N) is 1. The molecule has 0 aromatic rings. The molecule has 0 radical (unpaired) electrons. The van der Waals surface area contributed by atoms with Crippen molar-refractivity contribution < 1.29 is 4.74 Å². The lowest BCUT2D eigenvalue weighted by Gasteiger charge is -2.33. The molecule has 0 saturated carbocycles. The predicted molar refractivity (Wildman–Crippen MR) is 80.5 cm³/mol. The Morgan fingerprint density at radius 2 is 2.00 bits per heavy atom. The fourth-order valence-corrected chi connectivity index (χ4v) is 3.44. The van der Waals surface area contributed by atoms with Crippen molar-refractivity contribution in [2.24, 2.45) is 5.92 Å². The van der Waals surface area contributed by atoms with Gasteiger partial charge in [-0.2, -0.15) is 0 Å². The molecule has 3 atom stereocenters. The summed E-state index contributed by atoms with van der Waals surface area (Å²) in [6, 6.07) is 0. The molecule has 19 heavy (non-hydrogen) atoms. The van der Waals surface area contributed by atoms with Crippen LogP contribution in [0.25, 0.3) is 0 Å². The van der Waals surface area contributed by atoms with Crippen LogP contribution in [0.1, 0.15) is 52.4 Å². The van der Waals surface area contributed by atoms with Crippen LogP contribution in [-0.4, -0.2) is 49.8 Å². The Morgan fingerprint density at radius 3 is 2.79 bits per heavy atom. The first-order valence-corrected chi connectivity index (χ1v) is 8.40. The Hall–Kier alpha value is -0.120. The van der Waals surface area contributed by atoms with Gasteiger partial charge in [-0.15, -0.1) is 0 Å². The molecule has 3 heteroatoms. The molecular weight excluding hydrogens is 236 g/mol. The first-order chi connectivity index (χ1) is 9.31. The third kappa shape index (κ3) is 5.05. The molecule has 0 amide bonds. The maximum atomic E-state index is 6.18. The molecule has 0 aliphatic carbocycles. The zero-order valence-electron chi connectivity index (χ0n) is 12.9. The minimum Gasteiger partial charge on any atom is -0.372 e. The lowest BCUT2D eigenvalue weighted by molar-refractivity contribution is 0.0148. The number of hydrogen-bond acceptors (Lipinski definition) is 3. The predicted octanol–water partition coefficient (Wildman–Crippen LogP) is 2.66. The molecule has 0 aromatic heterocycles. The van der Waals surface area contributed by atoms with Crippen LogP contribution in [0.15, 0.2) is 0 Å². The van der Waals surface area contributed by atoms with Crippen molar-refractivity contribution >= 4 is 0 Å². The number of likely N-dealkylation sites (tertiary alicyclic amines) is 1. The summed E-state index contributed by atoms with van der Waals surface area (Å²) in [5.74, 6) is 0.928. The molecule has 2 fully saturated rings. The Labute approximate surface area is 119 Å². The molecule has 3 nitrogen and oxygen atoms in total. The van der Waals surface area contributed by atoms with Crippen molar-refractivity contribution in [2.45, 2.75) is 64.6 Å². The van der Waals surface area contributed by atoms with Gasteiger partial charge in [0.2, 0.25) is 0 Å². The third-order valence-electron chi connectivity index (χ3n) is 4.64. The summed E-state index contributed by atoms with van der Waals surface area (Å²) in [7, 11) is 0. The zero-order chi connectivity index (χ0) is 13.5. The first-order valence-electron chi connectivity index (χ1n) is 8.40. The second-order valence-corrected chi connectivity index (χ2v) is 6.34. The topological polar surface area (TPSA) is 24.5 Å². The van der Waals surface area contributed by atoms with Crippen LogP contribution >= 0.6 is 0 Å². The Bertz CT molecular complexity index is 247. The molecular formula is C16H32N2O. The number of hydrogen-bond donors (Lipinski definition) is 1. The van der Waals surface area contributed by atoms with Crippen LogP contribution in [-0.2, 0) is 4.74 Å². The summed E-state index contributed by atoms with van der Waals surface area (Å²) in [6.07, 6.45) is 8.81. The summed E-state index contributed by atoms with van der Waals surface area (Å²) in [4.78, 5) is 2.64. The maximum absolute atomic E-state index is 6.18. The van der Waals surface area contributed by atoms with Crippen molar-refractivity contribution in [1.82, 2.24) is 10.2 Å². The highest BCUT2D eigenvalue weighted by Crippen LogP contribution is 2.24. The molecule has 2 rings (SSSR count). The van der Waals surface area contributed by atoms with E-state index in [0.29, 0.717) is 12.2 Å². The Balaban J connectivity index is 1.64. The second-order valence-electron chi connectivity index (χ2n) is 6.34. The minimum atomic E-state index is 0.461. The van der Waals surface area contributed by atoms with E-state index in [-0.39, 0.29) is 0 Å². The molecule has 1 N–H and O–H groups in total. The van der Waals surface area contributed by atoms with Gasteiger partial charge in [0.05, 0.1) is 12.2 Å². The molecule has 2 heterocycles. The smallest absolute Gasteiger partial charge is 0.0707 e. The largest absolute Gasteiger partial charge is 0.372 e.